The van der Waals surface area contributed by atoms with Gasteiger partial charge in [-0.05, 0) is 61.0 Å². The lowest BCUT2D eigenvalue weighted by Crippen LogP contribution is -2.18. The van der Waals surface area contributed by atoms with E-state index >= 15 is 0 Å². The molecule has 0 aliphatic carbocycles. The van der Waals surface area contributed by atoms with Crippen LogP contribution in [0.5, 0.6) is 5.75 Å². The SMILES string of the molecule is Cc1ccc(S(=O)(=O)Oc2ccc(C=NNS(=O)(=O)c3ccccc3)cc2)cc1. The summed E-state index contributed by atoms with van der Waals surface area (Å²) in [5.74, 6) is 0.132. The average Bonchev–Trinajstić information content (AvgIpc) is 2.70. The first-order valence-electron chi connectivity index (χ1n) is 8.47. The molecular formula is C20H18N2O5S2. The van der Waals surface area contributed by atoms with Crippen LogP contribution in [0.1, 0.15) is 11.1 Å². The Bertz CT molecular complexity index is 1200. The van der Waals surface area contributed by atoms with Crippen LogP contribution in [0, 0.1) is 6.92 Å². The summed E-state index contributed by atoms with van der Waals surface area (Å²) < 4.78 is 53.8. The van der Waals surface area contributed by atoms with Crippen LogP contribution in [0.15, 0.2) is 93.8 Å². The number of nitrogens with one attached hydrogen (secondary N) is 1. The third-order valence-electron chi connectivity index (χ3n) is 3.84. The maximum absolute atomic E-state index is 12.3. The Balaban J connectivity index is 1.66. The zero-order chi connectivity index (χ0) is 20.9. The van der Waals surface area contributed by atoms with Crippen molar-refractivity contribution < 1.29 is 21.0 Å². The van der Waals surface area contributed by atoms with Gasteiger partial charge in [-0.15, -0.1) is 0 Å². The first-order chi connectivity index (χ1) is 13.8. The summed E-state index contributed by atoms with van der Waals surface area (Å²) in [6, 6.07) is 20.2. The summed E-state index contributed by atoms with van der Waals surface area (Å²) >= 11 is 0. The first-order valence-corrected chi connectivity index (χ1v) is 11.4. The molecule has 29 heavy (non-hydrogen) atoms. The second-order valence-electron chi connectivity index (χ2n) is 6.09. The molecule has 0 amide bonds. The van der Waals surface area contributed by atoms with Crippen molar-refractivity contribution in [2.24, 2.45) is 5.10 Å². The van der Waals surface area contributed by atoms with Gasteiger partial charge in [0, 0.05) is 0 Å². The predicted octanol–water partition coefficient (Wildman–Crippen LogP) is 3.08. The fourth-order valence-corrected chi connectivity index (χ4v) is 4.05. The molecule has 0 fully saturated rings. The van der Waals surface area contributed by atoms with Gasteiger partial charge in [-0.3, -0.25) is 0 Å². The Hall–Kier alpha value is -3.17. The highest BCUT2D eigenvalue weighted by Crippen LogP contribution is 2.19. The normalized spacial score (nSPS) is 12.0. The highest BCUT2D eigenvalue weighted by molar-refractivity contribution is 7.89. The maximum atomic E-state index is 12.3. The number of sulfonamides is 1. The fourth-order valence-electron chi connectivity index (χ4n) is 2.31. The van der Waals surface area contributed by atoms with E-state index in [-0.39, 0.29) is 15.5 Å². The van der Waals surface area contributed by atoms with Crippen LogP contribution in [0.3, 0.4) is 0 Å². The fraction of sp³-hybridized carbons (Fsp3) is 0.0500. The molecule has 150 valence electrons. The average molecular weight is 431 g/mol. The van der Waals surface area contributed by atoms with Gasteiger partial charge >= 0.3 is 10.1 Å². The second kappa shape index (κ2) is 8.46. The van der Waals surface area contributed by atoms with Crippen LogP contribution >= 0.6 is 0 Å². The van der Waals surface area contributed by atoms with E-state index in [0.717, 1.165) is 5.56 Å². The number of hydrazone groups is 1. The minimum absolute atomic E-state index is 0.0593. The quantitative estimate of drug-likeness (QED) is 0.353. The molecule has 0 aliphatic heterocycles. The molecule has 0 saturated carbocycles. The van der Waals surface area contributed by atoms with E-state index in [1.807, 2.05) is 6.92 Å². The Labute approximate surface area is 169 Å². The second-order valence-corrected chi connectivity index (χ2v) is 9.29. The number of benzene rings is 3. The van der Waals surface area contributed by atoms with Crippen molar-refractivity contribution in [3.05, 3.63) is 90.0 Å². The third-order valence-corrected chi connectivity index (χ3v) is 6.34. The molecule has 0 saturated heterocycles. The third kappa shape index (κ3) is 5.43. The van der Waals surface area contributed by atoms with E-state index in [0.29, 0.717) is 5.56 Å². The van der Waals surface area contributed by atoms with E-state index < -0.39 is 20.1 Å². The van der Waals surface area contributed by atoms with Crippen molar-refractivity contribution in [1.29, 1.82) is 0 Å². The van der Waals surface area contributed by atoms with E-state index in [4.69, 9.17) is 4.18 Å². The van der Waals surface area contributed by atoms with Crippen LogP contribution < -0.4 is 9.01 Å². The summed E-state index contributed by atoms with van der Waals surface area (Å²) in [5.41, 5.74) is 1.50. The number of rotatable bonds is 7. The van der Waals surface area contributed by atoms with Gasteiger partial charge in [-0.2, -0.15) is 21.9 Å². The number of aryl methyl sites for hydroxylation is 1. The van der Waals surface area contributed by atoms with Gasteiger partial charge in [0.05, 0.1) is 11.1 Å². The molecule has 0 heterocycles. The van der Waals surface area contributed by atoms with Crippen molar-refractivity contribution in [3.63, 3.8) is 0 Å². The highest BCUT2D eigenvalue weighted by atomic mass is 32.2. The zero-order valence-corrected chi connectivity index (χ0v) is 17.0. The van der Waals surface area contributed by atoms with Crippen LogP contribution in [0.4, 0.5) is 0 Å². The highest BCUT2D eigenvalue weighted by Gasteiger charge is 2.16. The summed E-state index contributed by atoms with van der Waals surface area (Å²) in [6.07, 6.45) is 1.30. The molecule has 0 aromatic heterocycles. The summed E-state index contributed by atoms with van der Waals surface area (Å²) in [5, 5.41) is 3.73. The Morgan fingerprint density at radius 1 is 0.793 bits per heavy atom. The molecule has 0 spiro atoms. The lowest BCUT2D eigenvalue weighted by Gasteiger charge is -2.07. The van der Waals surface area contributed by atoms with E-state index in [1.165, 1.54) is 42.6 Å². The van der Waals surface area contributed by atoms with E-state index in [1.54, 1.807) is 42.5 Å². The largest absolute Gasteiger partial charge is 0.379 e. The lowest BCUT2D eigenvalue weighted by atomic mass is 10.2. The van der Waals surface area contributed by atoms with Gasteiger partial charge in [0.25, 0.3) is 10.0 Å². The number of hydrogen-bond donors (Lipinski definition) is 1. The smallest absolute Gasteiger partial charge is 0.339 e. The summed E-state index contributed by atoms with van der Waals surface area (Å²) in [6.45, 7) is 1.86. The van der Waals surface area contributed by atoms with Crippen LogP contribution in [0.25, 0.3) is 0 Å². The first kappa shape index (κ1) is 20.6. The van der Waals surface area contributed by atoms with Crippen molar-refractivity contribution >= 4 is 26.4 Å². The summed E-state index contributed by atoms with van der Waals surface area (Å²) in [4.78, 5) is 2.28. The minimum Gasteiger partial charge on any atom is -0.379 e. The topological polar surface area (TPSA) is 102 Å². The van der Waals surface area contributed by atoms with Crippen LogP contribution in [0.2, 0.25) is 0 Å². The monoisotopic (exact) mass is 430 g/mol. The van der Waals surface area contributed by atoms with Gasteiger partial charge in [0.2, 0.25) is 0 Å². The molecule has 3 rings (SSSR count). The van der Waals surface area contributed by atoms with Gasteiger partial charge in [-0.25, -0.2) is 4.83 Å². The maximum Gasteiger partial charge on any atom is 0.339 e. The number of hydrogen-bond acceptors (Lipinski definition) is 6. The Kier molecular flexibility index (Phi) is 6.00. The molecule has 9 heteroatoms. The molecule has 0 aliphatic rings. The predicted molar refractivity (Wildman–Crippen MR) is 110 cm³/mol. The van der Waals surface area contributed by atoms with Gasteiger partial charge in [-0.1, -0.05) is 35.9 Å². The van der Waals surface area contributed by atoms with Crippen molar-refractivity contribution in [1.82, 2.24) is 4.83 Å². The van der Waals surface area contributed by atoms with Crippen molar-refractivity contribution in [2.45, 2.75) is 16.7 Å². The number of nitrogens with zero attached hydrogens (tertiary/aromatic N) is 1. The minimum atomic E-state index is -3.94. The molecule has 3 aromatic rings. The molecular weight excluding hydrogens is 412 g/mol. The standard InChI is InChI=1S/C20H18N2O5S2/c1-16-7-13-20(14-8-16)29(25,26)27-18-11-9-17(10-12-18)15-21-22-28(23,24)19-5-3-2-4-6-19/h2-15,22H,1H3. The molecule has 1 N–H and O–H groups in total. The lowest BCUT2D eigenvalue weighted by molar-refractivity contribution is 0.486. The van der Waals surface area contributed by atoms with E-state index in [2.05, 4.69) is 9.93 Å². The molecule has 7 nitrogen and oxygen atoms in total. The molecule has 0 bridgehead atoms. The van der Waals surface area contributed by atoms with Gasteiger partial charge in [0.1, 0.15) is 10.6 Å². The van der Waals surface area contributed by atoms with Gasteiger partial charge < -0.3 is 4.18 Å². The zero-order valence-electron chi connectivity index (χ0n) is 15.4. The Morgan fingerprint density at radius 3 is 2.03 bits per heavy atom. The summed E-state index contributed by atoms with van der Waals surface area (Å²) in [7, 11) is -7.68. The van der Waals surface area contributed by atoms with Crippen molar-refractivity contribution in [2.75, 3.05) is 0 Å². The Morgan fingerprint density at radius 2 is 1.41 bits per heavy atom. The molecule has 0 radical (unpaired) electrons. The van der Waals surface area contributed by atoms with E-state index in [9.17, 15) is 16.8 Å². The van der Waals surface area contributed by atoms with Crippen LogP contribution in [-0.2, 0) is 20.1 Å². The molecule has 0 atom stereocenters. The van der Waals surface area contributed by atoms with Crippen LogP contribution in [-0.4, -0.2) is 23.1 Å². The molecule has 0 unspecified atom stereocenters. The van der Waals surface area contributed by atoms with Crippen molar-refractivity contribution in [3.8, 4) is 5.75 Å². The molecule has 3 aromatic carbocycles. The van der Waals surface area contributed by atoms with Gasteiger partial charge in [0.15, 0.2) is 0 Å².